The molecule has 1 aliphatic carbocycles. The maximum Gasteiger partial charge on any atom is 0.251 e. The zero-order chi connectivity index (χ0) is 15.2. The molecule has 1 fully saturated rings. The highest BCUT2D eigenvalue weighted by atomic mass is 35.5. The summed E-state index contributed by atoms with van der Waals surface area (Å²) in [6.45, 7) is 1.79. The van der Waals surface area contributed by atoms with Crippen LogP contribution < -0.4 is 11.1 Å². The van der Waals surface area contributed by atoms with Crippen molar-refractivity contribution in [3.05, 3.63) is 34.3 Å². The van der Waals surface area contributed by atoms with Gasteiger partial charge in [0, 0.05) is 30.3 Å². The van der Waals surface area contributed by atoms with Gasteiger partial charge in [0.25, 0.3) is 5.91 Å². The molecule has 4 nitrogen and oxygen atoms in total. The number of nitrogens with one attached hydrogen (secondary N) is 1. The van der Waals surface area contributed by atoms with Crippen LogP contribution >= 0.6 is 11.6 Å². The lowest BCUT2D eigenvalue weighted by molar-refractivity contribution is 0.0949. The van der Waals surface area contributed by atoms with Gasteiger partial charge in [0.2, 0.25) is 0 Å². The number of amides is 1. The van der Waals surface area contributed by atoms with Crippen LogP contribution in [0.2, 0.25) is 5.02 Å². The van der Waals surface area contributed by atoms with Crippen LogP contribution in [-0.2, 0) is 0 Å². The van der Waals surface area contributed by atoms with Crippen LogP contribution in [0, 0.1) is 11.8 Å². The molecule has 0 saturated heterocycles. The summed E-state index contributed by atoms with van der Waals surface area (Å²) in [7, 11) is 2.09. The SMILES string of the molecule is CN(CCNC(=O)c1ccc(C#CCN)c(Cl)c1)C1CC1. The molecule has 1 amide bonds. The van der Waals surface area contributed by atoms with Crippen LogP contribution in [-0.4, -0.2) is 43.5 Å². The van der Waals surface area contributed by atoms with E-state index in [4.69, 9.17) is 17.3 Å². The van der Waals surface area contributed by atoms with Crippen LogP contribution in [0.1, 0.15) is 28.8 Å². The van der Waals surface area contributed by atoms with Crippen molar-refractivity contribution in [3.8, 4) is 11.8 Å². The Hall–Kier alpha value is -1.54. The number of benzene rings is 1. The van der Waals surface area contributed by atoms with E-state index < -0.39 is 0 Å². The second-order valence-electron chi connectivity index (χ2n) is 5.17. The molecule has 0 aliphatic heterocycles. The summed E-state index contributed by atoms with van der Waals surface area (Å²) in [6, 6.07) is 5.82. The van der Waals surface area contributed by atoms with Gasteiger partial charge in [-0.25, -0.2) is 0 Å². The molecule has 1 aromatic rings. The monoisotopic (exact) mass is 305 g/mol. The predicted molar refractivity (Wildman–Crippen MR) is 85.4 cm³/mol. The number of rotatable bonds is 5. The molecule has 21 heavy (non-hydrogen) atoms. The minimum atomic E-state index is -0.112. The number of nitrogens with zero attached hydrogens (tertiary/aromatic N) is 1. The van der Waals surface area contributed by atoms with Crippen molar-refractivity contribution >= 4 is 17.5 Å². The van der Waals surface area contributed by atoms with E-state index in [0.29, 0.717) is 28.7 Å². The molecular weight excluding hydrogens is 286 g/mol. The van der Waals surface area contributed by atoms with Crippen molar-refractivity contribution in [3.63, 3.8) is 0 Å². The minimum Gasteiger partial charge on any atom is -0.351 e. The van der Waals surface area contributed by atoms with Crippen LogP contribution in [0.5, 0.6) is 0 Å². The normalized spacial score (nSPS) is 13.7. The molecule has 1 aromatic carbocycles. The lowest BCUT2D eigenvalue weighted by Gasteiger charge is -2.15. The Morgan fingerprint density at radius 1 is 1.52 bits per heavy atom. The largest absolute Gasteiger partial charge is 0.351 e. The van der Waals surface area contributed by atoms with E-state index in [0.717, 1.165) is 6.54 Å². The third-order valence-corrected chi connectivity index (χ3v) is 3.79. The molecule has 1 saturated carbocycles. The smallest absolute Gasteiger partial charge is 0.251 e. The highest BCUT2D eigenvalue weighted by Crippen LogP contribution is 2.24. The fourth-order valence-corrected chi connectivity index (χ4v) is 2.28. The summed E-state index contributed by atoms with van der Waals surface area (Å²) >= 11 is 6.11. The Morgan fingerprint density at radius 2 is 2.29 bits per heavy atom. The summed E-state index contributed by atoms with van der Waals surface area (Å²) in [6.07, 6.45) is 2.54. The van der Waals surface area contributed by atoms with Crippen LogP contribution in [0.25, 0.3) is 0 Å². The Morgan fingerprint density at radius 3 is 2.90 bits per heavy atom. The number of halogens is 1. The Kier molecular flexibility index (Phi) is 5.63. The number of likely N-dealkylation sites (N-methyl/N-ethyl adjacent to an activating group) is 1. The highest BCUT2D eigenvalue weighted by molar-refractivity contribution is 6.32. The van der Waals surface area contributed by atoms with Gasteiger partial charge in [0.1, 0.15) is 0 Å². The molecule has 0 heterocycles. The molecule has 0 atom stereocenters. The Balaban J connectivity index is 1.88. The van der Waals surface area contributed by atoms with Crippen molar-refractivity contribution < 1.29 is 4.79 Å². The van der Waals surface area contributed by atoms with Crippen molar-refractivity contribution in [2.45, 2.75) is 18.9 Å². The van der Waals surface area contributed by atoms with Gasteiger partial charge < -0.3 is 16.0 Å². The Bertz CT molecular complexity index is 573. The number of nitrogens with two attached hydrogens (primary N) is 1. The summed E-state index contributed by atoms with van der Waals surface area (Å²) in [4.78, 5) is 14.3. The van der Waals surface area contributed by atoms with Crippen LogP contribution in [0.15, 0.2) is 18.2 Å². The van der Waals surface area contributed by atoms with Crippen molar-refractivity contribution in [2.24, 2.45) is 5.73 Å². The van der Waals surface area contributed by atoms with Gasteiger partial charge in [-0.2, -0.15) is 0 Å². The lowest BCUT2D eigenvalue weighted by Crippen LogP contribution is -2.33. The molecule has 0 bridgehead atoms. The van der Waals surface area contributed by atoms with Crippen molar-refractivity contribution in [2.75, 3.05) is 26.7 Å². The van der Waals surface area contributed by atoms with Crippen LogP contribution in [0.4, 0.5) is 0 Å². The zero-order valence-electron chi connectivity index (χ0n) is 12.2. The molecule has 0 radical (unpaired) electrons. The maximum absolute atomic E-state index is 12.0. The fourth-order valence-electron chi connectivity index (χ4n) is 2.05. The molecule has 112 valence electrons. The average molecular weight is 306 g/mol. The predicted octanol–water partition coefficient (Wildman–Crippen LogP) is 1.47. The van der Waals surface area contributed by atoms with Gasteiger partial charge >= 0.3 is 0 Å². The first-order valence-electron chi connectivity index (χ1n) is 7.08. The summed E-state index contributed by atoms with van der Waals surface area (Å²) in [5.74, 6) is 5.50. The fraction of sp³-hybridized carbons (Fsp3) is 0.438. The molecule has 0 spiro atoms. The zero-order valence-corrected chi connectivity index (χ0v) is 12.9. The summed E-state index contributed by atoms with van der Waals surface area (Å²) in [5.41, 5.74) is 6.56. The second kappa shape index (κ2) is 7.46. The molecule has 2 rings (SSSR count). The first kappa shape index (κ1) is 15.8. The standard InChI is InChI=1S/C16H20ClN3O/c1-20(14-6-7-14)10-9-19-16(21)13-5-4-12(3-2-8-18)15(17)11-13/h4-5,11,14H,6-10,18H2,1H3,(H,19,21). The lowest BCUT2D eigenvalue weighted by atomic mass is 10.1. The van der Waals surface area contributed by atoms with Crippen molar-refractivity contribution in [1.29, 1.82) is 0 Å². The van der Waals surface area contributed by atoms with Gasteiger partial charge in [-0.05, 0) is 38.1 Å². The van der Waals surface area contributed by atoms with E-state index in [1.807, 2.05) is 0 Å². The van der Waals surface area contributed by atoms with Crippen LogP contribution in [0.3, 0.4) is 0 Å². The molecular formula is C16H20ClN3O. The topological polar surface area (TPSA) is 58.4 Å². The first-order valence-corrected chi connectivity index (χ1v) is 7.46. The van der Waals surface area contributed by atoms with E-state index in [1.165, 1.54) is 12.8 Å². The third-order valence-electron chi connectivity index (χ3n) is 3.48. The van der Waals surface area contributed by atoms with Crippen molar-refractivity contribution in [1.82, 2.24) is 10.2 Å². The molecule has 1 aliphatic rings. The Labute approximate surface area is 130 Å². The van der Waals surface area contributed by atoms with Gasteiger partial charge in [-0.3, -0.25) is 4.79 Å². The summed E-state index contributed by atoms with van der Waals surface area (Å²) in [5, 5.41) is 3.38. The number of carbonyl (C=O) groups excluding carboxylic acids is 1. The molecule has 0 aromatic heterocycles. The van der Waals surface area contributed by atoms with Gasteiger partial charge in [-0.15, -0.1) is 0 Å². The molecule has 0 unspecified atom stereocenters. The average Bonchev–Trinajstić information content (AvgIpc) is 3.30. The van der Waals surface area contributed by atoms with E-state index in [1.54, 1.807) is 18.2 Å². The van der Waals surface area contributed by atoms with Gasteiger partial charge in [-0.1, -0.05) is 23.4 Å². The van der Waals surface area contributed by atoms with Gasteiger partial charge in [0.05, 0.1) is 11.6 Å². The molecule has 3 N–H and O–H groups in total. The minimum absolute atomic E-state index is 0.112. The quantitative estimate of drug-likeness (QED) is 0.810. The summed E-state index contributed by atoms with van der Waals surface area (Å²) < 4.78 is 0. The second-order valence-corrected chi connectivity index (χ2v) is 5.58. The third kappa shape index (κ3) is 4.75. The number of carbonyl (C=O) groups is 1. The first-order chi connectivity index (χ1) is 10.1. The number of hydrogen-bond acceptors (Lipinski definition) is 3. The van der Waals surface area contributed by atoms with E-state index in [-0.39, 0.29) is 12.5 Å². The van der Waals surface area contributed by atoms with E-state index >= 15 is 0 Å². The molecule has 5 heteroatoms. The van der Waals surface area contributed by atoms with E-state index in [2.05, 4.69) is 29.1 Å². The maximum atomic E-state index is 12.0. The van der Waals surface area contributed by atoms with E-state index in [9.17, 15) is 4.79 Å². The highest BCUT2D eigenvalue weighted by Gasteiger charge is 2.25. The van der Waals surface area contributed by atoms with Gasteiger partial charge in [0.15, 0.2) is 0 Å². The number of hydrogen-bond donors (Lipinski definition) is 2.